The molecule has 0 amide bonds. The minimum atomic E-state index is -0.564. The number of hydrogen-bond acceptors (Lipinski definition) is 3. The third kappa shape index (κ3) is 2.44. The minimum Gasteiger partial charge on any atom is -0.294 e. The maximum Gasteiger partial charge on any atom is 0.261 e. The van der Waals surface area contributed by atoms with Crippen LogP contribution >= 0.6 is 0 Å². The Hall–Kier alpha value is -3.53. The number of benzene rings is 3. The molecule has 0 saturated heterocycles. The van der Waals surface area contributed by atoms with Gasteiger partial charge in [0.15, 0.2) is 6.29 Å². The lowest BCUT2D eigenvalue weighted by atomic mass is 9.93. The van der Waals surface area contributed by atoms with E-state index in [-0.39, 0.29) is 5.91 Å². The second kappa shape index (κ2) is 5.83. The zero-order valence-corrected chi connectivity index (χ0v) is 13.2. The van der Waals surface area contributed by atoms with E-state index in [1.54, 1.807) is 42.7 Å². The molecule has 1 aromatic heterocycles. The van der Waals surface area contributed by atoms with Crippen LogP contribution in [0.1, 0.15) is 20.7 Å². The van der Waals surface area contributed by atoms with Gasteiger partial charge < -0.3 is 0 Å². The van der Waals surface area contributed by atoms with E-state index in [1.165, 1.54) is 4.57 Å². The van der Waals surface area contributed by atoms with Crippen LogP contribution in [0.5, 0.6) is 0 Å². The average Bonchev–Trinajstić information content (AvgIpc) is 3.19. The van der Waals surface area contributed by atoms with Crippen LogP contribution in [0.4, 0.5) is 0 Å². The molecule has 4 aromatic rings. The second-order valence-electron chi connectivity index (χ2n) is 5.79. The summed E-state index contributed by atoms with van der Waals surface area (Å²) in [6, 6.07) is 18.1. The number of carbonyl (C=O) groups excluding carboxylic acids is 3. The molecule has 0 aliphatic rings. The monoisotopic (exact) mass is 327 g/mol. The number of ketones is 1. The van der Waals surface area contributed by atoms with E-state index in [0.717, 1.165) is 16.2 Å². The molecular weight excluding hydrogens is 314 g/mol. The molecule has 0 bridgehead atoms. The molecule has 0 N–H and O–H groups in total. The van der Waals surface area contributed by atoms with Gasteiger partial charge in [-0.2, -0.15) is 0 Å². The van der Waals surface area contributed by atoms with Crippen LogP contribution < -0.4 is 0 Å². The molecule has 25 heavy (non-hydrogen) atoms. The highest BCUT2D eigenvalue weighted by Gasteiger charge is 2.16. The molecule has 1 heterocycles. The topological polar surface area (TPSA) is 56.1 Å². The summed E-state index contributed by atoms with van der Waals surface area (Å²) in [5.41, 5.74) is 0.895. The Morgan fingerprint density at radius 2 is 1.52 bits per heavy atom. The third-order valence-electron chi connectivity index (χ3n) is 4.30. The lowest BCUT2D eigenvalue weighted by Gasteiger charge is -2.10. The van der Waals surface area contributed by atoms with E-state index in [1.807, 2.05) is 30.3 Å². The van der Waals surface area contributed by atoms with Crippen molar-refractivity contribution < 1.29 is 14.4 Å². The van der Waals surface area contributed by atoms with E-state index >= 15 is 0 Å². The Kier molecular flexibility index (Phi) is 3.51. The van der Waals surface area contributed by atoms with Crippen LogP contribution in [-0.2, 0) is 4.79 Å². The summed E-state index contributed by atoms with van der Waals surface area (Å²) in [5.74, 6) is -0.713. The zero-order chi connectivity index (χ0) is 17.4. The summed E-state index contributed by atoms with van der Waals surface area (Å²) in [6.07, 6.45) is 3.71. The van der Waals surface area contributed by atoms with E-state index in [4.69, 9.17) is 0 Å². The summed E-state index contributed by atoms with van der Waals surface area (Å²) < 4.78 is 1.50. The molecule has 0 radical (unpaired) electrons. The maximum absolute atomic E-state index is 12.5. The van der Waals surface area contributed by atoms with E-state index in [0.29, 0.717) is 22.8 Å². The van der Waals surface area contributed by atoms with Crippen molar-refractivity contribution in [2.75, 3.05) is 0 Å². The second-order valence-corrected chi connectivity index (χ2v) is 5.79. The van der Waals surface area contributed by atoms with E-state index in [9.17, 15) is 14.4 Å². The predicted octanol–water partition coefficient (Wildman–Crippen LogP) is 3.86. The first kappa shape index (κ1) is 15.0. The van der Waals surface area contributed by atoms with Gasteiger partial charge >= 0.3 is 0 Å². The van der Waals surface area contributed by atoms with Crippen molar-refractivity contribution in [3.05, 3.63) is 84.2 Å². The quantitative estimate of drug-likeness (QED) is 0.248. The molecule has 0 aliphatic carbocycles. The Labute approximate surface area is 143 Å². The smallest absolute Gasteiger partial charge is 0.261 e. The molecular formula is C21H13NO3. The molecule has 0 fully saturated rings. The van der Waals surface area contributed by atoms with E-state index in [2.05, 4.69) is 0 Å². The molecule has 4 nitrogen and oxygen atoms in total. The summed E-state index contributed by atoms with van der Waals surface area (Å²) in [6.45, 7) is 0. The van der Waals surface area contributed by atoms with Crippen LogP contribution in [-0.4, -0.2) is 22.5 Å². The number of nitrogens with zero attached hydrogens (tertiary/aromatic N) is 1. The highest BCUT2D eigenvalue weighted by Crippen LogP contribution is 2.29. The largest absolute Gasteiger partial charge is 0.294 e. The number of hydrogen-bond donors (Lipinski definition) is 0. The van der Waals surface area contributed by atoms with Gasteiger partial charge in [0.25, 0.3) is 5.91 Å². The fourth-order valence-corrected chi connectivity index (χ4v) is 3.15. The Morgan fingerprint density at radius 1 is 0.800 bits per heavy atom. The SMILES string of the molecule is O=CC(=O)c1c2ccccc2cc2cc(C(=O)n3cccc3)ccc12. The Balaban J connectivity index is 2.00. The first-order valence-electron chi connectivity index (χ1n) is 7.82. The van der Waals surface area contributed by atoms with Crippen LogP contribution in [0.2, 0.25) is 0 Å². The Morgan fingerprint density at radius 3 is 2.28 bits per heavy atom. The van der Waals surface area contributed by atoms with E-state index < -0.39 is 5.78 Å². The van der Waals surface area contributed by atoms with Gasteiger partial charge in [-0.3, -0.25) is 19.0 Å². The van der Waals surface area contributed by atoms with Crippen LogP contribution in [0.25, 0.3) is 21.5 Å². The number of aldehydes is 1. The summed E-state index contributed by atoms with van der Waals surface area (Å²) in [4.78, 5) is 35.9. The van der Waals surface area contributed by atoms with Crippen molar-refractivity contribution in [1.82, 2.24) is 4.57 Å². The van der Waals surface area contributed by atoms with Gasteiger partial charge in [-0.1, -0.05) is 30.3 Å². The van der Waals surface area contributed by atoms with Crippen molar-refractivity contribution in [3.8, 4) is 0 Å². The predicted molar refractivity (Wildman–Crippen MR) is 96.0 cm³/mol. The fourth-order valence-electron chi connectivity index (χ4n) is 3.15. The molecule has 4 heteroatoms. The zero-order valence-electron chi connectivity index (χ0n) is 13.2. The van der Waals surface area contributed by atoms with Gasteiger partial charge in [-0.25, -0.2) is 0 Å². The summed E-state index contributed by atoms with van der Waals surface area (Å²) in [7, 11) is 0. The molecule has 0 aliphatic heterocycles. The van der Waals surface area contributed by atoms with Crippen molar-refractivity contribution in [2.24, 2.45) is 0 Å². The van der Waals surface area contributed by atoms with Crippen LogP contribution in [0.3, 0.4) is 0 Å². The molecule has 0 spiro atoms. The first-order valence-corrected chi connectivity index (χ1v) is 7.82. The van der Waals surface area contributed by atoms with Gasteiger partial charge in [0.2, 0.25) is 5.78 Å². The highest BCUT2D eigenvalue weighted by molar-refractivity contribution is 6.40. The first-order chi connectivity index (χ1) is 12.2. The van der Waals surface area contributed by atoms with Gasteiger partial charge in [-0.05, 0) is 51.9 Å². The molecule has 120 valence electrons. The molecule has 0 saturated carbocycles. The van der Waals surface area contributed by atoms with Crippen molar-refractivity contribution in [1.29, 1.82) is 0 Å². The lowest BCUT2D eigenvalue weighted by molar-refractivity contribution is -0.104. The van der Waals surface area contributed by atoms with Gasteiger partial charge in [-0.15, -0.1) is 0 Å². The minimum absolute atomic E-state index is 0.150. The number of carbonyl (C=O) groups is 3. The summed E-state index contributed by atoms with van der Waals surface area (Å²) >= 11 is 0. The maximum atomic E-state index is 12.5. The molecule has 0 unspecified atom stereocenters. The normalized spacial score (nSPS) is 10.9. The lowest BCUT2D eigenvalue weighted by Crippen LogP contribution is -2.09. The number of aromatic nitrogens is 1. The number of rotatable bonds is 3. The molecule has 3 aromatic carbocycles. The standard InChI is InChI=1S/C21H13NO3/c23-13-19(24)20-17-6-2-1-5-14(17)11-16-12-15(7-8-18(16)20)21(25)22-9-3-4-10-22/h1-13H. The number of fused-ring (bicyclic) bond motifs is 2. The number of Topliss-reactive ketones (excluding diaryl/α,β-unsaturated/α-hetero) is 1. The third-order valence-corrected chi connectivity index (χ3v) is 4.30. The Bertz CT molecular complexity index is 1140. The van der Waals surface area contributed by atoms with Crippen molar-refractivity contribution in [3.63, 3.8) is 0 Å². The van der Waals surface area contributed by atoms with Crippen LogP contribution in [0.15, 0.2) is 73.1 Å². The highest BCUT2D eigenvalue weighted by atomic mass is 16.2. The van der Waals surface area contributed by atoms with Gasteiger partial charge in [0.05, 0.1) is 0 Å². The van der Waals surface area contributed by atoms with Crippen molar-refractivity contribution in [2.45, 2.75) is 0 Å². The summed E-state index contributed by atoms with van der Waals surface area (Å²) in [5, 5.41) is 3.00. The average molecular weight is 327 g/mol. The fraction of sp³-hybridized carbons (Fsp3) is 0. The van der Waals surface area contributed by atoms with Crippen LogP contribution in [0, 0.1) is 0 Å². The molecule has 0 atom stereocenters. The van der Waals surface area contributed by atoms with Gasteiger partial charge in [0, 0.05) is 23.5 Å². The van der Waals surface area contributed by atoms with Gasteiger partial charge in [0.1, 0.15) is 0 Å². The molecule has 4 rings (SSSR count). The van der Waals surface area contributed by atoms with Crippen molar-refractivity contribution >= 4 is 39.5 Å².